The van der Waals surface area contributed by atoms with Gasteiger partial charge in [-0.15, -0.1) is 11.3 Å². The Balaban J connectivity index is 1.59. The maximum atomic E-state index is 4.97. The summed E-state index contributed by atoms with van der Waals surface area (Å²) in [4.78, 5) is 11.9. The van der Waals surface area contributed by atoms with E-state index in [1.807, 2.05) is 13.0 Å². The molecule has 0 bridgehead atoms. The number of aromatic nitrogens is 1. The van der Waals surface area contributed by atoms with Crippen molar-refractivity contribution in [2.24, 2.45) is 4.99 Å². The Kier molecular flexibility index (Phi) is 3.57. The van der Waals surface area contributed by atoms with Gasteiger partial charge in [0.2, 0.25) is 0 Å². The highest BCUT2D eigenvalue weighted by Gasteiger charge is 2.25. The third-order valence-corrected chi connectivity index (χ3v) is 5.58. The van der Waals surface area contributed by atoms with E-state index in [2.05, 4.69) is 76.6 Å². The first-order valence-electron chi connectivity index (χ1n) is 8.65. The van der Waals surface area contributed by atoms with Crippen molar-refractivity contribution in [2.45, 2.75) is 6.92 Å². The summed E-state index contributed by atoms with van der Waals surface area (Å²) in [5.41, 5.74) is 6.68. The molecule has 3 aromatic carbocycles. The van der Waals surface area contributed by atoms with E-state index in [1.54, 1.807) is 11.3 Å². The van der Waals surface area contributed by atoms with Crippen LogP contribution in [0.25, 0.3) is 10.2 Å². The third kappa shape index (κ3) is 2.59. The molecular formula is C22H17N3S. The SMILES string of the molecule is Cc1nc2cc(N=C3CN(c4ccccc4)c4ccccc43)ccc2s1. The maximum Gasteiger partial charge on any atom is 0.0907 e. The molecule has 4 heteroatoms. The Morgan fingerprint density at radius 1 is 0.962 bits per heavy atom. The van der Waals surface area contributed by atoms with Crippen LogP contribution >= 0.6 is 11.3 Å². The van der Waals surface area contributed by atoms with Crippen molar-refractivity contribution in [1.82, 2.24) is 4.98 Å². The van der Waals surface area contributed by atoms with E-state index in [-0.39, 0.29) is 0 Å². The largest absolute Gasteiger partial charge is 0.335 e. The molecule has 0 unspecified atom stereocenters. The zero-order valence-corrected chi connectivity index (χ0v) is 15.2. The zero-order chi connectivity index (χ0) is 17.5. The summed E-state index contributed by atoms with van der Waals surface area (Å²) in [5, 5.41) is 1.09. The first kappa shape index (κ1) is 15.3. The van der Waals surface area contributed by atoms with Crippen LogP contribution in [-0.2, 0) is 0 Å². The van der Waals surface area contributed by atoms with Gasteiger partial charge in [0, 0.05) is 11.3 Å². The van der Waals surface area contributed by atoms with Crippen molar-refractivity contribution in [3.05, 3.63) is 83.4 Å². The van der Waals surface area contributed by atoms with Crippen LogP contribution in [0.3, 0.4) is 0 Å². The first-order chi connectivity index (χ1) is 12.8. The summed E-state index contributed by atoms with van der Waals surface area (Å²) < 4.78 is 1.21. The van der Waals surface area contributed by atoms with Gasteiger partial charge in [-0.3, -0.25) is 4.99 Å². The molecular weight excluding hydrogens is 338 g/mol. The molecule has 0 saturated carbocycles. The second-order valence-corrected chi connectivity index (χ2v) is 7.62. The van der Waals surface area contributed by atoms with Crippen molar-refractivity contribution in [3.8, 4) is 0 Å². The van der Waals surface area contributed by atoms with Gasteiger partial charge in [-0.25, -0.2) is 4.98 Å². The standard InChI is InChI=1S/C22H17N3S/c1-15-23-19-13-16(11-12-22(19)26-15)24-20-14-25(17-7-3-2-4-8-17)21-10-6-5-9-18(20)21/h2-13H,14H2,1H3. The van der Waals surface area contributed by atoms with Crippen LogP contribution < -0.4 is 4.90 Å². The van der Waals surface area contributed by atoms with Gasteiger partial charge in [-0.1, -0.05) is 36.4 Å². The quantitative estimate of drug-likeness (QED) is 0.449. The molecule has 5 rings (SSSR count). The molecule has 26 heavy (non-hydrogen) atoms. The van der Waals surface area contributed by atoms with Gasteiger partial charge in [-0.2, -0.15) is 0 Å². The Labute approximate surface area is 156 Å². The topological polar surface area (TPSA) is 28.5 Å². The van der Waals surface area contributed by atoms with E-state index >= 15 is 0 Å². The summed E-state index contributed by atoms with van der Waals surface area (Å²) in [7, 11) is 0. The summed E-state index contributed by atoms with van der Waals surface area (Å²) >= 11 is 1.72. The highest BCUT2D eigenvalue weighted by Crippen LogP contribution is 2.36. The smallest absolute Gasteiger partial charge is 0.0907 e. The number of nitrogens with zero attached hydrogens (tertiary/aromatic N) is 3. The van der Waals surface area contributed by atoms with Crippen molar-refractivity contribution < 1.29 is 0 Å². The number of rotatable bonds is 2. The number of thiazole rings is 1. The van der Waals surface area contributed by atoms with Crippen molar-refractivity contribution >= 4 is 44.3 Å². The predicted octanol–water partition coefficient (Wildman–Crippen LogP) is 5.88. The molecule has 0 aliphatic carbocycles. The second kappa shape index (κ2) is 6.07. The molecule has 2 heterocycles. The van der Waals surface area contributed by atoms with Gasteiger partial charge in [0.1, 0.15) is 0 Å². The molecule has 0 N–H and O–H groups in total. The number of para-hydroxylation sites is 2. The fourth-order valence-corrected chi connectivity index (χ4v) is 4.27. The van der Waals surface area contributed by atoms with Crippen LogP contribution in [0.2, 0.25) is 0 Å². The van der Waals surface area contributed by atoms with E-state index in [4.69, 9.17) is 4.99 Å². The summed E-state index contributed by atoms with van der Waals surface area (Å²) in [6.07, 6.45) is 0. The zero-order valence-electron chi connectivity index (χ0n) is 14.4. The summed E-state index contributed by atoms with van der Waals surface area (Å²) in [6, 6.07) is 25.3. The van der Waals surface area contributed by atoms with Gasteiger partial charge in [-0.05, 0) is 43.3 Å². The lowest BCUT2D eigenvalue weighted by Gasteiger charge is -2.18. The van der Waals surface area contributed by atoms with Crippen LogP contribution in [-0.4, -0.2) is 17.2 Å². The lowest BCUT2D eigenvalue weighted by atomic mass is 10.1. The number of hydrogen-bond acceptors (Lipinski definition) is 4. The fraction of sp³-hybridized carbons (Fsp3) is 0.0909. The summed E-state index contributed by atoms with van der Waals surface area (Å²) in [6.45, 7) is 2.82. The number of aliphatic imine (C=N–C) groups is 1. The Morgan fingerprint density at radius 2 is 1.77 bits per heavy atom. The minimum absolute atomic E-state index is 0.775. The van der Waals surface area contributed by atoms with Crippen LogP contribution in [0.1, 0.15) is 10.6 Å². The number of fused-ring (bicyclic) bond motifs is 2. The fourth-order valence-electron chi connectivity index (χ4n) is 3.46. The highest BCUT2D eigenvalue weighted by atomic mass is 32.1. The van der Waals surface area contributed by atoms with E-state index in [0.29, 0.717) is 0 Å². The van der Waals surface area contributed by atoms with Gasteiger partial charge >= 0.3 is 0 Å². The molecule has 3 nitrogen and oxygen atoms in total. The van der Waals surface area contributed by atoms with Gasteiger partial charge in [0.15, 0.2) is 0 Å². The lowest BCUT2D eigenvalue weighted by Crippen LogP contribution is -2.16. The highest BCUT2D eigenvalue weighted by molar-refractivity contribution is 7.18. The molecule has 0 fully saturated rings. The molecule has 1 aromatic heterocycles. The summed E-state index contributed by atoms with van der Waals surface area (Å²) in [5.74, 6) is 0. The number of anilines is 2. The number of hydrogen-bond donors (Lipinski definition) is 0. The van der Waals surface area contributed by atoms with Crippen molar-refractivity contribution in [2.75, 3.05) is 11.4 Å². The lowest BCUT2D eigenvalue weighted by molar-refractivity contribution is 1.17. The van der Waals surface area contributed by atoms with Gasteiger partial charge in [0.05, 0.1) is 38.9 Å². The van der Waals surface area contributed by atoms with E-state index in [0.717, 1.165) is 28.5 Å². The normalized spacial score (nSPS) is 15.0. The average Bonchev–Trinajstić information content (AvgIpc) is 3.22. The first-order valence-corrected chi connectivity index (χ1v) is 9.46. The minimum atomic E-state index is 0.775. The molecule has 0 radical (unpaired) electrons. The Morgan fingerprint density at radius 3 is 2.65 bits per heavy atom. The number of aryl methyl sites for hydroxylation is 1. The average molecular weight is 355 g/mol. The van der Waals surface area contributed by atoms with E-state index in [1.165, 1.54) is 21.6 Å². The number of benzene rings is 3. The Hall–Kier alpha value is -2.98. The van der Waals surface area contributed by atoms with Gasteiger partial charge in [0.25, 0.3) is 0 Å². The molecule has 0 atom stereocenters. The molecule has 0 amide bonds. The second-order valence-electron chi connectivity index (χ2n) is 6.38. The molecule has 1 aliphatic heterocycles. The van der Waals surface area contributed by atoms with Crippen molar-refractivity contribution in [1.29, 1.82) is 0 Å². The van der Waals surface area contributed by atoms with Crippen LogP contribution in [0, 0.1) is 6.92 Å². The maximum absolute atomic E-state index is 4.97. The molecule has 0 saturated heterocycles. The third-order valence-electron chi connectivity index (χ3n) is 4.62. The predicted molar refractivity (Wildman–Crippen MR) is 110 cm³/mol. The van der Waals surface area contributed by atoms with Crippen molar-refractivity contribution in [3.63, 3.8) is 0 Å². The van der Waals surface area contributed by atoms with E-state index < -0.39 is 0 Å². The molecule has 4 aromatic rings. The molecule has 1 aliphatic rings. The monoisotopic (exact) mass is 355 g/mol. The minimum Gasteiger partial charge on any atom is -0.335 e. The van der Waals surface area contributed by atoms with Crippen LogP contribution in [0.15, 0.2) is 77.8 Å². The van der Waals surface area contributed by atoms with Crippen LogP contribution in [0.4, 0.5) is 17.1 Å². The van der Waals surface area contributed by atoms with Gasteiger partial charge < -0.3 is 4.90 Å². The molecule has 0 spiro atoms. The molecule has 126 valence electrons. The Bertz CT molecular complexity index is 1130. The van der Waals surface area contributed by atoms with E-state index in [9.17, 15) is 0 Å². The van der Waals surface area contributed by atoms with Crippen LogP contribution in [0.5, 0.6) is 0 Å².